The molecule has 3 aromatic rings. The van der Waals surface area contributed by atoms with Crippen molar-refractivity contribution in [3.8, 4) is 11.5 Å². The van der Waals surface area contributed by atoms with Gasteiger partial charge in [-0.1, -0.05) is 30.1 Å². The summed E-state index contributed by atoms with van der Waals surface area (Å²) in [6.07, 6.45) is 8.17. The summed E-state index contributed by atoms with van der Waals surface area (Å²) in [5.41, 5.74) is 1.35. The average molecular weight is 388 g/mol. The summed E-state index contributed by atoms with van der Waals surface area (Å²) >= 11 is 12.2. The maximum atomic E-state index is 6.25. The maximum absolute atomic E-state index is 6.25. The molecule has 2 bridgehead atoms. The summed E-state index contributed by atoms with van der Waals surface area (Å²) in [6.45, 7) is 2.40. The lowest BCUT2D eigenvalue weighted by atomic mass is 9.82. The fourth-order valence-corrected chi connectivity index (χ4v) is 5.26. The van der Waals surface area contributed by atoms with E-state index in [1.54, 1.807) is 18.2 Å². The molecule has 5 rings (SSSR count). The Morgan fingerprint density at radius 1 is 1.04 bits per heavy atom. The van der Waals surface area contributed by atoms with E-state index >= 15 is 0 Å². The van der Waals surface area contributed by atoms with Crippen LogP contribution in [0.25, 0.3) is 5.65 Å². The van der Waals surface area contributed by atoms with E-state index in [2.05, 4.69) is 21.5 Å². The summed E-state index contributed by atoms with van der Waals surface area (Å²) in [5, 5.41) is 10.1. The van der Waals surface area contributed by atoms with Gasteiger partial charge in [0, 0.05) is 16.6 Å². The molecule has 0 unspecified atom stereocenters. The molecule has 134 valence electrons. The van der Waals surface area contributed by atoms with Gasteiger partial charge in [0.1, 0.15) is 11.6 Å². The molecule has 0 spiro atoms. The summed E-state index contributed by atoms with van der Waals surface area (Å²) in [5.74, 6) is 2.27. The van der Waals surface area contributed by atoms with Crippen LogP contribution in [0, 0.1) is 5.41 Å². The van der Waals surface area contributed by atoms with Crippen LogP contribution in [0.4, 0.5) is 0 Å². The smallest absolute Gasteiger partial charge is 0.203 e. The molecule has 26 heavy (non-hydrogen) atoms. The lowest BCUT2D eigenvalue weighted by Crippen LogP contribution is -2.23. The zero-order valence-electron chi connectivity index (χ0n) is 14.5. The van der Waals surface area contributed by atoms with E-state index in [0.717, 1.165) is 11.5 Å². The SMILES string of the molecule is CC12CCC(c3nnc4c(Oc5ccc(Cl)cc5Cl)cccn34)(CC1)C2. The monoisotopic (exact) mass is 387 g/mol. The molecule has 0 N–H and O–H groups in total. The number of pyridine rings is 1. The molecule has 4 nitrogen and oxygen atoms in total. The van der Waals surface area contributed by atoms with Crippen LogP contribution in [0.1, 0.15) is 44.9 Å². The first kappa shape index (κ1) is 16.4. The zero-order chi connectivity index (χ0) is 17.9. The van der Waals surface area contributed by atoms with Gasteiger partial charge in [-0.05, 0) is 67.9 Å². The number of fused-ring (bicyclic) bond motifs is 3. The number of aromatic nitrogens is 3. The standard InChI is InChI=1S/C20H19Cl2N3O/c1-19-6-8-20(12-19,9-7-19)18-24-23-17-16(3-2-10-25(17)18)26-15-5-4-13(21)11-14(15)22/h2-5,10-11H,6-9,12H2,1H3. The Kier molecular flexibility index (Phi) is 3.54. The van der Waals surface area contributed by atoms with E-state index < -0.39 is 0 Å². The van der Waals surface area contributed by atoms with Crippen LogP contribution < -0.4 is 4.74 Å². The van der Waals surface area contributed by atoms with E-state index in [1.165, 1.54) is 32.1 Å². The average Bonchev–Trinajstić information content (AvgIpc) is 3.28. The molecule has 2 aromatic heterocycles. The normalized spacial score (nSPS) is 27.3. The predicted molar refractivity (Wildman–Crippen MR) is 102 cm³/mol. The van der Waals surface area contributed by atoms with Crippen LogP contribution in [0.5, 0.6) is 11.5 Å². The highest BCUT2D eigenvalue weighted by Crippen LogP contribution is 2.61. The van der Waals surface area contributed by atoms with Crippen molar-refractivity contribution in [2.75, 3.05) is 0 Å². The molecule has 0 saturated heterocycles. The van der Waals surface area contributed by atoms with E-state index in [-0.39, 0.29) is 5.41 Å². The largest absolute Gasteiger partial charge is 0.452 e. The fraction of sp³-hybridized carbons (Fsp3) is 0.400. The number of hydrogen-bond acceptors (Lipinski definition) is 3. The second kappa shape index (κ2) is 5.61. The first-order valence-corrected chi connectivity index (χ1v) is 9.71. The molecule has 2 fully saturated rings. The number of ether oxygens (including phenoxy) is 1. The third kappa shape index (κ3) is 2.43. The molecule has 0 aliphatic heterocycles. The predicted octanol–water partition coefficient (Wildman–Crippen LogP) is 6.05. The number of hydrogen-bond donors (Lipinski definition) is 0. The van der Waals surface area contributed by atoms with E-state index in [0.29, 0.717) is 27.0 Å². The number of nitrogens with zero attached hydrogens (tertiary/aromatic N) is 3. The molecule has 2 aliphatic carbocycles. The second-order valence-electron chi connectivity index (χ2n) is 8.03. The summed E-state index contributed by atoms with van der Waals surface area (Å²) in [6, 6.07) is 9.06. The Labute approximate surface area is 162 Å². The molecule has 6 heteroatoms. The third-order valence-corrected chi connectivity index (χ3v) is 6.70. The Balaban J connectivity index is 1.56. The van der Waals surface area contributed by atoms with Crippen molar-refractivity contribution in [3.05, 3.63) is 52.4 Å². The van der Waals surface area contributed by atoms with Crippen molar-refractivity contribution in [2.45, 2.75) is 44.4 Å². The zero-order valence-corrected chi connectivity index (χ0v) is 16.0. The lowest BCUT2D eigenvalue weighted by Gasteiger charge is -2.24. The first-order chi connectivity index (χ1) is 12.5. The van der Waals surface area contributed by atoms with Crippen molar-refractivity contribution in [1.29, 1.82) is 0 Å². The Morgan fingerprint density at radius 3 is 2.54 bits per heavy atom. The molecule has 2 saturated carbocycles. The summed E-state index contributed by atoms with van der Waals surface area (Å²) in [7, 11) is 0. The highest BCUT2D eigenvalue weighted by molar-refractivity contribution is 6.35. The van der Waals surface area contributed by atoms with Gasteiger partial charge in [-0.2, -0.15) is 0 Å². The molecular formula is C20H19Cl2N3O. The number of benzene rings is 1. The molecule has 0 amide bonds. The summed E-state index contributed by atoms with van der Waals surface area (Å²) < 4.78 is 8.13. The van der Waals surface area contributed by atoms with Crippen LogP contribution in [0.15, 0.2) is 36.5 Å². The Hall–Kier alpha value is -1.78. The fourth-order valence-electron chi connectivity index (χ4n) is 4.81. The van der Waals surface area contributed by atoms with E-state index in [4.69, 9.17) is 27.9 Å². The third-order valence-electron chi connectivity index (χ3n) is 6.17. The number of halogens is 2. The minimum Gasteiger partial charge on any atom is -0.452 e. The van der Waals surface area contributed by atoms with Crippen molar-refractivity contribution in [2.24, 2.45) is 5.41 Å². The van der Waals surface area contributed by atoms with Gasteiger partial charge in [-0.25, -0.2) is 0 Å². The van der Waals surface area contributed by atoms with Crippen LogP contribution in [0.3, 0.4) is 0 Å². The van der Waals surface area contributed by atoms with Crippen LogP contribution in [0.2, 0.25) is 10.0 Å². The topological polar surface area (TPSA) is 39.4 Å². The Bertz CT molecular complexity index is 1010. The van der Waals surface area contributed by atoms with Crippen LogP contribution >= 0.6 is 23.2 Å². The van der Waals surface area contributed by atoms with Crippen molar-refractivity contribution < 1.29 is 4.74 Å². The van der Waals surface area contributed by atoms with E-state index in [1.807, 2.05) is 18.3 Å². The van der Waals surface area contributed by atoms with Crippen molar-refractivity contribution in [1.82, 2.24) is 14.6 Å². The van der Waals surface area contributed by atoms with Crippen molar-refractivity contribution >= 4 is 28.8 Å². The van der Waals surface area contributed by atoms with Gasteiger partial charge in [0.25, 0.3) is 0 Å². The van der Waals surface area contributed by atoms with Gasteiger partial charge in [0.2, 0.25) is 5.65 Å². The number of rotatable bonds is 3. The van der Waals surface area contributed by atoms with Crippen molar-refractivity contribution in [3.63, 3.8) is 0 Å². The van der Waals surface area contributed by atoms with Gasteiger partial charge in [-0.3, -0.25) is 4.40 Å². The molecular weight excluding hydrogens is 369 g/mol. The van der Waals surface area contributed by atoms with Gasteiger partial charge < -0.3 is 4.74 Å². The summed E-state index contributed by atoms with van der Waals surface area (Å²) in [4.78, 5) is 0. The van der Waals surface area contributed by atoms with Gasteiger partial charge in [0.05, 0.1) is 5.02 Å². The minimum absolute atomic E-state index is 0.157. The maximum Gasteiger partial charge on any atom is 0.203 e. The highest BCUT2D eigenvalue weighted by Gasteiger charge is 2.54. The van der Waals surface area contributed by atoms with Gasteiger partial charge in [0.15, 0.2) is 5.75 Å². The van der Waals surface area contributed by atoms with Crippen LogP contribution in [-0.2, 0) is 5.41 Å². The molecule has 0 atom stereocenters. The molecule has 2 aliphatic rings. The molecule has 2 heterocycles. The van der Waals surface area contributed by atoms with Gasteiger partial charge in [-0.15, -0.1) is 10.2 Å². The quantitative estimate of drug-likeness (QED) is 0.548. The molecule has 0 radical (unpaired) electrons. The molecule has 1 aromatic carbocycles. The highest BCUT2D eigenvalue weighted by atomic mass is 35.5. The van der Waals surface area contributed by atoms with E-state index in [9.17, 15) is 0 Å². The first-order valence-electron chi connectivity index (χ1n) is 8.95. The second-order valence-corrected chi connectivity index (χ2v) is 8.88. The van der Waals surface area contributed by atoms with Gasteiger partial charge >= 0.3 is 0 Å². The van der Waals surface area contributed by atoms with Crippen LogP contribution in [-0.4, -0.2) is 14.6 Å². The lowest BCUT2D eigenvalue weighted by molar-refractivity contribution is 0.325. The Morgan fingerprint density at radius 2 is 1.85 bits per heavy atom. The minimum atomic E-state index is 0.157.